The highest BCUT2D eigenvalue weighted by molar-refractivity contribution is 5.94. The molecule has 1 saturated carbocycles. The largest absolute Gasteiger partial charge is 0.489 e. The molecule has 0 aromatic heterocycles. The lowest BCUT2D eigenvalue weighted by Gasteiger charge is -2.25. The Morgan fingerprint density at radius 3 is 2.52 bits per heavy atom. The van der Waals surface area contributed by atoms with Crippen molar-refractivity contribution in [1.82, 2.24) is 0 Å². The van der Waals surface area contributed by atoms with Crippen molar-refractivity contribution in [2.75, 3.05) is 11.4 Å². The second-order valence-electron chi connectivity index (χ2n) is 7.35. The normalized spacial score (nSPS) is 13.5. The van der Waals surface area contributed by atoms with Crippen molar-refractivity contribution in [3.05, 3.63) is 58.7 Å². The van der Waals surface area contributed by atoms with Crippen molar-refractivity contribution >= 4 is 11.6 Å². The van der Waals surface area contributed by atoms with E-state index in [-0.39, 0.29) is 5.91 Å². The average molecular weight is 366 g/mol. The highest BCUT2D eigenvalue weighted by atomic mass is 16.5. The van der Waals surface area contributed by atoms with Crippen LogP contribution in [0.1, 0.15) is 68.2 Å². The molecule has 1 fully saturated rings. The predicted molar refractivity (Wildman–Crippen MR) is 112 cm³/mol. The summed E-state index contributed by atoms with van der Waals surface area (Å²) < 4.78 is 6.25. The Kier molecular flexibility index (Phi) is 6.20. The maximum atomic E-state index is 12.5. The van der Waals surface area contributed by atoms with Crippen LogP contribution in [0.5, 0.6) is 5.75 Å². The summed E-state index contributed by atoms with van der Waals surface area (Å²) in [6.07, 6.45) is 4.00. The molecule has 2 aromatic rings. The second-order valence-corrected chi connectivity index (χ2v) is 7.35. The molecule has 0 atom stereocenters. The molecular formula is C24H31NO2. The van der Waals surface area contributed by atoms with Crippen LogP contribution in [0, 0.1) is 6.92 Å². The van der Waals surface area contributed by atoms with E-state index in [2.05, 4.69) is 50.2 Å². The molecule has 0 bridgehead atoms. The van der Waals surface area contributed by atoms with E-state index in [4.69, 9.17) is 4.74 Å². The van der Waals surface area contributed by atoms with Gasteiger partial charge in [0.15, 0.2) is 0 Å². The standard InChI is InChI=1S/C24H31NO2/c1-5-18-11-14-23(17(4)15-18)27-16-21-20(19-12-13-19)9-8-10-22(21)25(7-3)24(26)6-2/h8-11,14-15,19H,5-7,12-13,16H2,1-4H3. The van der Waals surface area contributed by atoms with E-state index in [0.29, 0.717) is 25.5 Å². The van der Waals surface area contributed by atoms with E-state index < -0.39 is 0 Å². The van der Waals surface area contributed by atoms with E-state index in [1.807, 2.05) is 18.7 Å². The van der Waals surface area contributed by atoms with Crippen LogP contribution in [0.15, 0.2) is 36.4 Å². The zero-order valence-corrected chi connectivity index (χ0v) is 17.0. The van der Waals surface area contributed by atoms with Gasteiger partial charge < -0.3 is 9.64 Å². The van der Waals surface area contributed by atoms with Crippen molar-refractivity contribution < 1.29 is 9.53 Å². The van der Waals surface area contributed by atoms with Gasteiger partial charge in [0.1, 0.15) is 12.4 Å². The Labute approximate surface area is 163 Å². The predicted octanol–water partition coefficient (Wildman–Crippen LogP) is 5.78. The highest BCUT2D eigenvalue weighted by Crippen LogP contribution is 2.44. The fourth-order valence-corrected chi connectivity index (χ4v) is 3.69. The van der Waals surface area contributed by atoms with E-state index in [0.717, 1.165) is 23.4 Å². The molecule has 1 aliphatic carbocycles. The van der Waals surface area contributed by atoms with Gasteiger partial charge in [0.05, 0.1) is 5.69 Å². The van der Waals surface area contributed by atoms with Crippen LogP contribution in [0.4, 0.5) is 5.69 Å². The number of aryl methyl sites for hydroxylation is 2. The van der Waals surface area contributed by atoms with Gasteiger partial charge in [0, 0.05) is 18.5 Å². The first kappa shape index (κ1) is 19.5. The van der Waals surface area contributed by atoms with Gasteiger partial charge in [-0.05, 0) is 67.9 Å². The van der Waals surface area contributed by atoms with E-state index in [1.165, 1.54) is 29.5 Å². The Balaban J connectivity index is 1.92. The van der Waals surface area contributed by atoms with Crippen LogP contribution in [-0.4, -0.2) is 12.5 Å². The first-order valence-corrected chi connectivity index (χ1v) is 10.2. The van der Waals surface area contributed by atoms with Gasteiger partial charge in [0.25, 0.3) is 0 Å². The SMILES string of the molecule is CCC(=O)N(CC)c1cccc(C2CC2)c1COc1ccc(CC)cc1C. The van der Waals surface area contributed by atoms with Crippen LogP contribution >= 0.6 is 0 Å². The minimum Gasteiger partial charge on any atom is -0.489 e. The number of hydrogen-bond acceptors (Lipinski definition) is 2. The lowest BCUT2D eigenvalue weighted by Crippen LogP contribution is -2.31. The van der Waals surface area contributed by atoms with Crippen molar-refractivity contribution in [2.45, 2.75) is 65.9 Å². The Morgan fingerprint density at radius 2 is 1.93 bits per heavy atom. The molecule has 0 unspecified atom stereocenters. The number of carbonyl (C=O) groups is 1. The summed E-state index contributed by atoms with van der Waals surface area (Å²) in [7, 11) is 0. The monoisotopic (exact) mass is 365 g/mol. The summed E-state index contributed by atoms with van der Waals surface area (Å²) in [4.78, 5) is 14.4. The van der Waals surface area contributed by atoms with Gasteiger partial charge in [-0.1, -0.05) is 38.1 Å². The molecule has 3 rings (SSSR count). The number of hydrogen-bond donors (Lipinski definition) is 0. The summed E-state index contributed by atoms with van der Waals surface area (Å²) in [5.41, 5.74) is 6.01. The Hall–Kier alpha value is -2.29. The highest BCUT2D eigenvalue weighted by Gasteiger charge is 2.29. The topological polar surface area (TPSA) is 29.5 Å². The van der Waals surface area contributed by atoms with Crippen molar-refractivity contribution in [3.63, 3.8) is 0 Å². The number of rotatable bonds is 8. The second kappa shape index (κ2) is 8.60. The van der Waals surface area contributed by atoms with E-state index in [1.54, 1.807) is 0 Å². The number of anilines is 1. The summed E-state index contributed by atoms with van der Waals surface area (Å²) in [5, 5.41) is 0. The number of benzene rings is 2. The molecule has 0 spiro atoms. The molecule has 3 nitrogen and oxygen atoms in total. The van der Waals surface area contributed by atoms with Crippen molar-refractivity contribution in [2.24, 2.45) is 0 Å². The molecular weight excluding hydrogens is 334 g/mol. The molecule has 1 aliphatic rings. The number of nitrogens with zero attached hydrogens (tertiary/aromatic N) is 1. The lowest BCUT2D eigenvalue weighted by atomic mass is 10.0. The fourth-order valence-electron chi connectivity index (χ4n) is 3.69. The quantitative estimate of drug-likeness (QED) is 0.594. The molecule has 0 heterocycles. The van der Waals surface area contributed by atoms with Crippen LogP contribution < -0.4 is 9.64 Å². The molecule has 0 N–H and O–H groups in total. The maximum absolute atomic E-state index is 12.5. The number of amides is 1. The third-order valence-corrected chi connectivity index (χ3v) is 5.43. The molecule has 0 saturated heterocycles. The van der Waals surface area contributed by atoms with Gasteiger partial charge in [0.2, 0.25) is 5.91 Å². The first-order valence-electron chi connectivity index (χ1n) is 10.2. The minimum atomic E-state index is 0.162. The van der Waals surface area contributed by atoms with E-state index in [9.17, 15) is 4.79 Å². The van der Waals surface area contributed by atoms with Gasteiger partial charge in [-0.3, -0.25) is 4.79 Å². The van der Waals surface area contributed by atoms with Gasteiger partial charge >= 0.3 is 0 Å². The molecule has 0 aliphatic heterocycles. The summed E-state index contributed by atoms with van der Waals surface area (Å²) in [6, 6.07) is 12.8. The zero-order chi connectivity index (χ0) is 19.4. The van der Waals surface area contributed by atoms with Crippen LogP contribution in [0.3, 0.4) is 0 Å². The van der Waals surface area contributed by atoms with Gasteiger partial charge in [-0.15, -0.1) is 0 Å². The van der Waals surface area contributed by atoms with Gasteiger partial charge in [-0.25, -0.2) is 0 Å². The third kappa shape index (κ3) is 4.35. The molecule has 3 heteroatoms. The van der Waals surface area contributed by atoms with E-state index >= 15 is 0 Å². The van der Waals surface area contributed by atoms with Gasteiger partial charge in [-0.2, -0.15) is 0 Å². The molecule has 1 amide bonds. The van der Waals surface area contributed by atoms with Crippen LogP contribution in [-0.2, 0) is 17.8 Å². The molecule has 144 valence electrons. The summed E-state index contributed by atoms with van der Waals surface area (Å²) >= 11 is 0. The number of carbonyl (C=O) groups excluding carboxylic acids is 1. The molecule has 0 radical (unpaired) electrons. The fraction of sp³-hybridized carbons (Fsp3) is 0.458. The third-order valence-electron chi connectivity index (χ3n) is 5.43. The smallest absolute Gasteiger partial charge is 0.226 e. The first-order chi connectivity index (χ1) is 13.1. The maximum Gasteiger partial charge on any atom is 0.226 e. The molecule has 27 heavy (non-hydrogen) atoms. The number of ether oxygens (including phenoxy) is 1. The van der Waals surface area contributed by atoms with Crippen molar-refractivity contribution in [3.8, 4) is 5.75 Å². The summed E-state index contributed by atoms with van der Waals surface area (Å²) in [5.74, 6) is 1.70. The van der Waals surface area contributed by atoms with Crippen molar-refractivity contribution in [1.29, 1.82) is 0 Å². The molecule has 2 aromatic carbocycles. The Morgan fingerprint density at radius 1 is 1.15 bits per heavy atom. The van der Waals surface area contributed by atoms with Crippen LogP contribution in [0.25, 0.3) is 0 Å². The minimum absolute atomic E-state index is 0.162. The zero-order valence-electron chi connectivity index (χ0n) is 17.0. The Bertz CT molecular complexity index is 808. The van der Waals surface area contributed by atoms with Crippen LogP contribution in [0.2, 0.25) is 0 Å². The summed E-state index contributed by atoms with van der Waals surface area (Å²) in [6.45, 7) is 9.40. The lowest BCUT2D eigenvalue weighted by molar-refractivity contribution is -0.118. The average Bonchev–Trinajstić information content (AvgIpc) is 3.53.